The summed E-state index contributed by atoms with van der Waals surface area (Å²) in [6.45, 7) is 4.75. The van der Waals surface area contributed by atoms with Crippen LogP contribution in [-0.4, -0.2) is 38.3 Å². The van der Waals surface area contributed by atoms with Crippen LogP contribution in [0.3, 0.4) is 0 Å². The van der Waals surface area contributed by atoms with Crippen LogP contribution in [0.4, 0.5) is 14.5 Å². The maximum Gasteiger partial charge on any atom is 0.273 e. The lowest BCUT2D eigenvalue weighted by Gasteiger charge is -2.33. The van der Waals surface area contributed by atoms with Gasteiger partial charge in [-0.2, -0.15) is 0 Å². The van der Waals surface area contributed by atoms with Crippen LogP contribution < -0.4 is 10.6 Å². The van der Waals surface area contributed by atoms with Crippen molar-refractivity contribution in [1.29, 1.82) is 5.41 Å². The van der Waals surface area contributed by atoms with Crippen LogP contribution in [0.2, 0.25) is 0 Å². The van der Waals surface area contributed by atoms with Gasteiger partial charge in [0.25, 0.3) is 5.91 Å². The van der Waals surface area contributed by atoms with Crippen molar-refractivity contribution in [2.24, 2.45) is 16.8 Å². The van der Waals surface area contributed by atoms with E-state index in [9.17, 15) is 22.0 Å². The monoisotopic (exact) mass is 468 g/mol. The number of carbonyl (C=O) groups excluding carboxylic acids is 1. The average molecular weight is 469 g/mol. The second-order valence-electron chi connectivity index (χ2n) is 7.93. The van der Waals surface area contributed by atoms with Crippen LogP contribution >= 0.6 is 0 Å². The molecule has 0 bridgehead atoms. The van der Waals surface area contributed by atoms with Gasteiger partial charge in [0.2, 0.25) is 0 Å². The fraction of sp³-hybridized carbons (Fsp3) is 0.500. The summed E-state index contributed by atoms with van der Waals surface area (Å²) in [6, 6.07) is 2.82. The maximum atomic E-state index is 14.6. The summed E-state index contributed by atoms with van der Waals surface area (Å²) < 4.78 is 50.5. The molecule has 1 saturated carbocycles. The van der Waals surface area contributed by atoms with Gasteiger partial charge in [-0.15, -0.1) is 0 Å². The molecule has 2 rings (SSSR count). The standard InChI is InChI=1S/C22H30F2N4O3S/c1-4-19(26-11-13(2)23)22(29)27-16-8-9-18(24)17(10-16)20(12-32(30)31)28-21(25)14(3)15-6-5-7-15/h4,8-11,13-15,20,32H,5-7,12H2,1-3H3,(H2,25,28)(H,27,29)/b19-4-,26-11-/t13?,14-,20-/m0/s1. The SMILES string of the molecule is C/C=C(\N=C/C(C)F)C(=O)Nc1ccc(F)c([C@H](C[SH](=O)=O)NC(=N)[C@@H](C)C2CCC2)c1. The molecular weight excluding hydrogens is 438 g/mol. The molecule has 1 aliphatic carbocycles. The third kappa shape index (κ3) is 7.22. The molecular formula is C22H30F2N4O3S. The number of allylic oxidation sites excluding steroid dienone is 1. The van der Waals surface area contributed by atoms with Crippen molar-refractivity contribution in [1.82, 2.24) is 5.32 Å². The van der Waals surface area contributed by atoms with Gasteiger partial charge in [-0.05, 0) is 50.8 Å². The summed E-state index contributed by atoms with van der Waals surface area (Å²) in [4.78, 5) is 16.2. The molecule has 1 fully saturated rings. The highest BCUT2D eigenvalue weighted by Crippen LogP contribution is 2.34. The van der Waals surface area contributed by atoms with Crippen LogP contribution in [0, 0.1) is 23.1 Å². The number of rotatable bonds is 10. The van der Waals surface area contributed by atoms with Gasteiger partial charge in [-0.1, -0.05) is 19.4 Å². The summed E-state index contributed by atoms with van der Waals surface area (Å²) in [5, 5.41) is 13.8. The molecule has 3 N–H and O–H groups in total. The molecule has 1 aliphatic rings. The van der Waals surface area contributed by atoms with Crippen LogP contribution in [0.15, 0.2) is 35.0 Å². The number of carbonyl (C=O) groups is 1. The number of benzene rings is 1. The molecule has 1 unspecified atom stereocenters. The number of amides is 1. The summed E-state index contributed by atoms with van der Waals surface area (Å²) >= 11 is 0. The van der Waals surface area contributed by atoms with Crippen molar-refractivity contribution < 1.29 is 22.0 Å². The first-order valence-corrected chi connectivity index (χ1v) is 11.9. The Balaban J connectivity index is 2.24. The van der Waals surface area contributed by atoms with E-state index < -0.39 is 40.4 Å². The van der Waals surface area contributed by atoms with Crippen LogP contribution in [-0.2, 0) is 15.5 Å². The van der Waals surface area contributed by atoms with Gasteiger partial charge in [0, 0.05) is 23.4 Å². The molecule has 0 radical (unpaired) electrons. The van der Waals surface area contributed by atoms with Gasteiger partial charge in [-0.25, -0.2) is 17.2 Å². The molecule has 1 aromatic carbocycles. The molecule has 0 heterocycles. The minimum absolute atomic E-state index is 0.0196. The van der Waals surface area contributed by atoms with Crippen molar-refractivity contribution in [3.63, 3.8) is 0 Å². The fourth-order valence-corrected chi connectivity index (χ4v) is 3.98. The molecule has 3 atom stereocenters. The smallest absolute Gasteiger partial charge is 0.273 e. The van der Waals surface area contributed by atoms with Gasteiger partial charge in [-0.3, -0.25) is 15.2 Å². The summed E-state index contributed by atoms with van der Waals surface area (Å²) in [5.74, 6) is -1.24. The van der Waals surface area contributed by atoms with E-state index in [0.29, 0.717) is 5.92 Å². The number of aliphatic imine (C=N–C) groups is 1. The topological polar surface area (TPSA) is 111 Å². The first-order valence-electron chi connectivity index (χ1n) is 10.5. The number of halogens is 2. The number of anilines is 1. The van der Waals surface area contributed by atoms with Gasteiger partial charge in [0.15, 0.2) is 0 Å². The molecule has 176 valence electrons. The zero-order chi connectivity index (χ0) is 23.8. The maximum absolute atomic E-state index is 14.6. The summed E-state index contributed by atoms with van der Waals surface area (Å²) in [6.07, 6.45) is 4.21. The highest BCUT2D eigenvalue weighted by Gasteiger charge is 2.29. The Morgan fingerprint density at radius 1 is 1.34 bits per heavy atom. The Morgan fingerprint density at radius 2 is 2.03 bits per heavy atom. The Hall–Kier alpha value is -2.62. The average Bonchev–Trinajstić information content (AvgIpc) is 2.67. The third-order valence-corrected chi connectivity index (χ3v) is 6.19. The molecule has 0 aromatic heterocycles. The highest BCUT2D eigenvalue weighted by atomic mass is 32.2. The third-order valence-electron chi connectivity index (χ3n) is 5.53. The van der Waals surface area contributed by atoms with E-state index in [0.717, 1.165) is 31.5 Å². The predicted molar refractivity (Wildman–Crippen MR) is 123 cm³/mol. The highest BCUT2D eigenvalue weighted by molar-refractivity contribution is 7.72. The van der Waals surface area contributed by atoms with E-state index in [2.05, 4.69) is 15.6 Å². The number of alkyl halides is 1. The van der Waals surface area contributed by atoms with Gasteiger partial charge < -0.3 is 10.6 Å². The van der Waals surface area contributed by atoms with Crippen molar-refractivity contribution in [2.45, 2.75) is 52.2 Å². The Kier molecular flexibility index (Phi) is 9.49. The lowest BCUT2D eigenvalue weighted by Crippen LogP contribution is -2.39. The van der Waals surface area contributed by atoms with E-state index >= 15 is 0 Å². The number of thiol groups is 1. The second kappa shape index (κ2) is 11.8. The lowest BCUT2D eigenvalue weighted by molar-refractivity contribution is -0.112. The quantitative estimate of drug-likeness (QED) is 0.181. The Labute approximate surface area is 188 Å². The number of nitrogens with one attached hydrogen (secondary N) is 3. The van der Waals surface area contributed by atoms with E-state index in [1.807, 2.05) is 6.92 Å². The van der Waals surface area contributed by atoms with Crippen LogP contribution in [0.1, 0.15) is 51.6 Å². The van der Waals surface area contributed by atoms with E-state index in [1.54, 1.807) is 6.92 Å². The second-order valence-corrected chi connectivity index (χ2v) is 8.96. The predicted octanol–water partition coefficient (Wildman–Crippen LogP) is 3.75. The minimum Gasteiger partial charge on any atom is -0.366 e. The van der Waals surface area contributed by atoms with E-state index in [-0.39, 0.29) is 28.7 Å². The van der Waals surface area contributed by atoms with Gasteiger partial charge >= 0.3 is 0 Å². The van der Waals surface area contributed by atoms with E-state index in [1.165, 1.54) is 25.1 Å². The van der Waals surface area contributed by atoms with Gasteiger partial charge in [0.05, 0.1) is 17.6 Å². The molecule has 0 spiro atoms. The molecule has 1 amide bonds. The first-order chi connectivity index (χ1) is 15.1. The van der Waals surface area contributed by atoms with Gasteiger partial charge in [0.1, 0.15) is 28.4 Å². The van der Waals surface area contributed by atoms with Crippen molar-refractivity contribution >= 4 is 34.3 Å². The zero-order valence-corrected chi connectivity index (χ0v) is 19.3. The molecule has 10 heteroatoms. The summed E-state index contributed by atoms with van der Waals surface area (Å²) in [7, 11) is -2.86. The van der Waals surface area contributed by atoms with Crippen molar-refractivity contribution in [3.05, 3.63) is 41.4 Å². The Morgan fingerprint density at radius 3 is 2.56 bits per heavy atom. The number of hydrogen-bond donors (Lipinski definition) is 4. The summed E-state index contributed by atoms with van der Waals surface area (Å²) in [5.41, 5.74) is 0.227. The fourth-order valence-electron chi connectivity index (χ4n) is 3.40. The molecule has 0 saturated heterocycles. The normalized spacial score (nSPS) is 17.6. The Bertz CT molecular complexity index is 964. The number of nitrogens with zero attached hydrogens (tertiary/aromatic N) is 1. The van der Waals surface area contributed by atoms with Crippen LogP contribution in [0.25, 0.3) is 0 Å². The van der Waals surface area contributed by atoms with Crippen molar-refractivity contribution in [3.8, 4) is 0 Å². The molecule has 0 aliphatic heterocycles. The van der Waals surface area contributed by atoms with Crippen LogP contribution in [0.5, 0.6) is 0 Å². The lowest BCUT2D eigenvalue weighted by atomic mass is 9.76. The van der Waals surface area contributed by atoms with E-state index in [4.69, 9.17) is 5.41 Å². The first kappa shape index (κ1) is 25.6. The molecule has 1 aromatic rings. The number of amidine groups is 1. The number of hydrogen-bond acceptors (Lipinski definition) is 5. The van der Waals surface area contributed by atoms with Crippen molar-refractivity contribution in [2.75, 3.05) is 11.1 Å². The molecule has 32 heavy (non-hydrogen) atoms. The largest absolute Gasteiger partial charge is 0.366 e. The zero-order valence-electron chi connectivity index (χ0n) is 18.4. The minimum atomic E-state index is -2.86. The molecule has 7 nitrogen and oxygen atoms in total.